The van der Waals surface area contributed by atoms with E-state index < -0.39 is 0 Å². The number of allylic oxidation sites excluding steroid dienone is 4. The Labute approximate surface area is 254 Å². The molecule has 2 aliphatic rings. The summed E-state index contributed by atoms with van der Waals surface area (Å²) in [6, 6.07) is 37.0. The van der Waals surface area contributed by atoms with Crippen molar-refractivity contribution in [1.29, 1.82) is 0 Å². The van der Waals surface area contributed by atoms with Crippen molar-refractivity contribution in [2.24, 2.45) is 0 Å². The van der Waals surface area contributed by atoms with Crippen LogP contribution in [-0.4, -0.2) is 3.21 Å². The molecule has 0 N–H and O–H groups in total. The molecule has 3 heteroatoms. The largest absolute Gasteiger partial charge is 0.126 e. The van der Waals surface area contributed by atoms with Crippen molar-refractivity contribution in [1.82, 2.24) is 0 Å². The molecule has 0 nitrogen and oxygen atoms in total. The van der Waals surface area contributed by atoms with Crippen LogP contribution in [0, 0.1) is 6.08 Å². The zero-order valence-corrected chi connectivity index (χ0v) is 25.3. The second-order valence-electron chi connectivity index (χ2n) is 9.29. The van der Waals surface area contributed by atoms with Gasteiger partial charge in [-0.1, -0.05) is 84.9 Å². The first-order valence-corrected chi connectivity index (χ1v) is 14.0. The molecule has 190 valence electrons. The van der Waals surface area contributed by atoms with E-state index in [-0.39, 0.29) is 24.8 Å². The van der Waals surface area contributed by atoms with E-state index in [1.54, 1.807) is 27.4 Å². The molecule has 1 saturated carbocycles. The topological polar surface area (TPSA) is 0 Å². The number of hydrogen-bond donors (Lipinski definition) is 0. The third-order valence-electron chi connectivity index (χ3n) is 6.71. The van der Waals surface area contributed by atoms with Gasteiger partial charge in [0.2, 0.25) is 0 Å². The van der Waals surface area contributed by atoms with Crippen LogP contribution in [0.5, 0.6) is 0 Å². The van der Waals surface area contributed by atoms with E-state index >= 15 is 0 Å². The van der Waals surface area contributed by atoms with E-state index in [0.29, 0.717) is 0 Å². The fraction of sp³-hybridized carbons (Fsp3) is 0.143. The smallest absolute Gasteiger partial charge is 0.0197 e. The minimum atomic E-state index is 0. The molecule has 0 radical (unpaired) electrons. The normalized spacial score (nSPS) is 13.3. The molecule has 0 heterocycles. The Kier molecular flexibility index (Phi) is 12.1. The summed E-state index contributed by atoms with van der Waals surface area (Å²) in [7, 11) is 0. The zero-order chi connectivity index (χ0) is 24.6. The van der Waals surface area contributed by atoms with Gasteiger partial charge in [0.25, 0.3) is 0 Å². The second kappa shape index (κ2) is 15.2. The standard InChI is InChI=1S/C25H17.C5H8.C5H5.2ClH.Zr/c1-3-7-18(8-4-1)20-11-13-22-15-23-14-12-21(17-25(23)24(22)16-20)19-9-5-2-6-10-19;2*1-2-4-5-3-1;;;/h1-17H;1-4H2;1-3H,4H2;2*1H;/q-1;;-1;;;+2/p-2. The summed E-state index contributed by atoms with van der Waals surface area (Å²) in [5.41, 5.74) is 5.06. The molecule has 0 bridgehead atoms. The Morgan fingerprint density at radius 1 is 0.605 bits per heavy atom. The predicted molar refractivity (Wildman–Crippen MR) is 153 cm³/mol. The van der Waals surface area contributed by atoms with Crippen molar-refractivity contribution in [3.05, 3.63) is 127 Å². The minimum absolute atomic E-state index is 0. The van der Waals surface area contributed by atoms with E-state index in [0.717, 1.165) is 6.42 Å². The molecule has 0 aromatic heterocycles. The van der Waals surface area contributed by atoms with Gasteiger partial charge < -0.3 is 24.8 Å². The Bertz CT molecular complexity index is 1400. The number of hydrogen-bond acceptors (Lipinski definition) is 0. The molecule has 0 unspecified atom stereocenters. The van der Waals surface area contributed by atoms with E-state index in [1.165, 1.54) is 69.5 Å². The second-order valence-corrected chi connectivity index (χ2v) is 11.0. The van der Waals surface area contributed by atoms with Crippen LogP contribution in [0.2, 0.25) is 0 Å². The van der Waals surface area contributed by atoms with Gasteiger partial charge in [0, 0.05) is 0 Å². The van der Waals surface area contributed by atoms with Crippen LogP contribution in [0.25, 0.3) is 43.8 Å². The van der Waals surface area contributed by atoms with Crippen LogP contribution in [-0.2, 0) is 24.2 Å². The van der Waals surface area contributed by atoms with Crippen LogP contribution in [0.15, 0.2) is 121 Å². The molecular weight excluding hydrogens is 583 g/mol. The van der Waals surface area contributed by atoms with Gasteiger partial charge in [0.1, 0.15) is 0 Å². The molecule has 7 rings (SSSR count). The van der Waals surface area contributed by atoms with Crippen LogP contribution in [0.4, 0.5) is 0 Å². The first-order chi connectivity index (χ1) is 17.8. The maximum Gasteiger partial charge on any atom is -0.0197 e. The van der Waals surface area contributed by atoms with Crippen molar-refractivity contribution in [3.8, 4) is 22.3 Å². The van der Waals surface area contributed by atoms with E-state index in [2.05, 4.69) is 115 Å². The van der Waals surface area contributed by atoms with Crippen LogP contribution in [0.1, 0.15) is 32.1 Å². The SMILES string of the molecule is [C-]1=CC=CC1.[Cl-].[Cl-].[Zr+2]=[C]1CCCC1.c1ccc(-c2ccc3[cH-]c4ccc(-c5ccccc5)cc4c3c2)cc1. The number of fused-ring (bicyclic) bond motifs is 3. The minimum Gasteiger partial charge on any atom is -0.126 e. The number of benzene rings is 4. The van der Waals surface area contributed by atoms with E-state index in [9.17, 15) is 0 Å². The molecular formula is C35H30Cl2Zr-2. The van der Waals surface area contributed by atoms with Crippen molar-refractivity contribution < 1.29 is 49.0 Å². The number of rotatable bonds is 2. The van der Waals surface area contributed by atoms with Gasteiger partial charge in [-0.3, -0.25) is 6.08 Å². The number of halogens is 2. The predicted octanol–water partition coefficient (Wildman–Crippen LogP) is 3.64. The average molecular weight is 613 g/mol. The van der Waals surface area contributed by atoms with Crippen LogP contribution >= 0.6 is 0 Å². The Morgan fingerprint density at radius 2 is 1.11 bits per heavy atom. The third kappa shape index (κ3) is 7.80. The van der Waals surface area contributed by atoms with Gasteiger partial charge >= 0.3 is 53.1 Å². The van der Waals surface area contributed by atoms with Crippen molar-refractivity contribution in [2.45, 2.75) is 32.1 Å². The summed E-state index contributed by atoms with van der Waals surface area (Å²) in [4.78, 5) is 0. The molecule has 0 amide bonds. The van der Waals surface area contributed by atoms with Gasteiger partial charge in [0.15, 0.2) is 0 Å². The molecule has 2 aliphatic carbocycles. The summed E-state index contributed by atoms with van der Waals surface area (Å²) >= 11 is 1.68. The molecule has 5 aromatic rings. The molecule has 0 aliphatic heterocycles. The van der Waals surface area contributed by atoms with Crippen LogP contribution in [0.3, 0.4) is 0 Å². The zero-order valence-electron chi connectivity index (χ0n) is 21.3. The Morgan fingerprint density at radius 3 is 1.45 bits per heavy atom. The molecule has 0 saturated heterocycles. The third-order valence-corrected chi connectivity index (χ3v) is 7.94. The fourth-order valence-corrected chi connectivity index (χ4v) is 5.63. The van der Waals surface area contributed by atoms with Crippen molar-refractivity contribution >= 4 is 24.8 Å². The van der Waals surface area contributed by atoms with Gasteiger partial charge in [-0.2, -0.15) is 6.08 Å². The van der Waals surface area contributed by atoms with Crippen LogP contribution < -0.4 is 24.8 Å². The summed E-state index contributed by atoms with van der Waals surface area (Å²) in [5, 5.41) is 5.27. The van der Waals surface area contributed by atoms with Gasteiger partial charge in [-0.15, -0.1) is 46.2 Å². The summed E-state index contributed by atoms with van der Waals surface area (Å²) in [6.07, 6.45) is 15.8. The summed E-state index contributed by atoms with van der Waals surface area (Å²) < 4.78 is 1.79. The Balaban J connectivity index is 0.000000257. The molecule has 1 fully saturated rings. The first kappa shape index (κ1) is 30.1. The van der Waals surface area contributed by atoms with Gasteiger partial charge in [-0.25, -0.2) is 12.2 Å². The van der Waals surface area contributed by atoms with E-state index in [1.807, 2.05) is 12.2 Å². The van der Waals surface area contributed by atoms with E-state index in [4.69, 9.17) is 0 Å². The van der Waals surface area contributed by atoms with Gasteiger partial charge in [0.05, 0.1) is 0 Å². The maximum atomic E-state index is 2.99. The maximum absolute atomic E-state index is 2.99. The van der Waals surface area contributed by atoms with Crippen molar-refractivity contribution in [3.63, 3.8) is 0 Å². The summed E-state index contributed by atoms with van der Waals surface area (Å²) in [6.45, 7) is 0. The quantitative estimate of drug-likeness (QED) is 0.267. The fourth-order valence-electron chi connectivity index (χ4n) is 4.76. The first-order valence-electron chi connectivity index (χ1n) is 12.8. The van der Waals surface area contributed by atoms with Gasteiger partial charge in [-0.05, 0) is 22.3 Å². The summed E-state index contributed by atoms with van der Waals surface area (Å²) in [5.74, 6) is 0. The molecule has 0 atom stereocenters. The molecule has 5 aromatic carbocycles. The molecule has 0 spiro atoms. The van der Waals surface area contributed by atoms with Crippen molar-refractivity contribution in [2.75, 3.05) is 0 Å². The Hall–Kier alpha value is -2.44. The molecule has 38 heavy (non-hydrogen) atoms. The average Bonchev–Trinajstić information content (AvgIpc) is 3.73. The monoisotopic (exact) mass is 610 g/mol.